The molecule has 0 aliphatic carbocycles. The van der Waals surface area contributed by atoms with E-state index in [1.165, 1.54) is 0 Å². The van der Waals surface area contributed by atoms with Crippen LogP contribution < -0.4 is 10.6 Å². The molecule has 0 aliphatic heterocycles. The van der Waals surface area contributed by atoms with E-state index in [0.29, 0.717) is 13.0 Å². The number of benzene rings is 1. The topological polar surface area (TPSA) is 61.4 Å². The molecule has 5 nitrogen and oxygen atoms in total. The summed E-state index contributed by atoms with van der Waals surface area (Å²) in [6.07, 6.45) is 2.39. The van der Waals surface area contributed by atoms with Gasteiger partial charge in [0.05, 0.1) is 6.42 Å². The number of hydrogen-bond acceptors (Lipinski definition) is 2. The molecule has 0 saturated carbocycles. The molecule has 20 heavy (non-hydrogen) atoms. The van der Waals surface area contributed by atoms with Crippen molar-refractivity contribution in [2.45, 2.75) is 26.2 Å². The summed E-state index contributed by atoms with van der Waals surface area (Å²) in [5.74, 6) is 0.0583. The Bertz CT molecular complexity index is 441. The largest absolute Gasteiger partial charge is 0.349 e. The number of likely N-dealkylation sites (N-methyl/N-ethyl adjacent to an activating group) is 1. The average Bonchev–Trinajstić information content (AvgIpc) is 2.41. The first-order valence-electron chi connectivity index (χ1n) is 6.87. The van der Waals surface area contributed by atoms with Gasteiger partial charge < -0.3 is 15.5 Å². The van der Waals surface area contributed by atoms with Gasteiger partial charge in [0.1, 0.15) is 0 Å². The number of nitrogens with one attached hydrogen (secondary N) is 2. The zero-order valence-corrected chi connectivity index (χ0v) is 12.4. The van der Waals surface area contributed by atoms with Crippen LogP contribution in [0.3, 0.4) is 0 Å². The lowest BCUT2D eigenvalue weighted by molar-refractivity contribution is -0.127. The van der Waals surface area contributed by atoms with Gasteiger partial charge in [0.15, 0.2) is 0 Å². The third-order valence-electron chi connectivity index (χ3n) is 2.88. The molecule has 1 rings (SSSR count). The van der Waals surface area contributed by atoms with E-state index in [-0.39, 0.29) is 11.9 Å². The Labute approximate surface area is 120 Å². The average molecular weight is 277 g/mol. The summed E-state index contributed by atoms with van der Waals surface area (Å²) < 4.78 is 0. The van der Waals surface area contributed by atoms with Crippen LogP contribution in [0, 0.1) is 0 Å². The second-order valence-electron chi connectivity index (χ2n) is 4.90. The van der Waals surface area contributed by atoms with Gasteiger partial charge in [-0.3, -0.25) is 4.79 Å². The third kappa shape index (κ3) is 5.73. The SMILES string of the molecule is CCCCNC(=O)Nc1ccc(CC(=O)N(C)C)cc1. The van der Waals surface area contributed by atoms with E-state index < -0.39 is 0 Å². The van der Waals surface area contributed by atoms with Gasteiger partial charge in [-0.15, -0.1) is 0 Å². The minimum absolute atomic E-state index is 0.0583. The maximum Gasteiger partial charge on any atom is 0.319 e. The van der Waals surface area contributed by atoms with Crippen molar-refractivity contribution in [3.8, 4) is 0 Å². The fourth-order valence-corrected chi connectivity index (χ4v) is 1.59. The van der Waals surface area contributed by atoms with Crippen molar-refractivity contribution in [1.82, 2.24) is 10.2 Å². The second kappa shape index (κ2) is 8.19. The summed E-state index contributed by atoms with van der Waals surface area (Å²) in [7, 11) is 3.47. The van der Waals surface area contributed by atoms with E-state index >= 15 is 0 Å². The Morgan fingerprint density at radius 3 is 2.35 bits per heavy atom. The Morgan fingerprint density at radius 2 is 1.80 bits per heavy atom. The van der Waals surface area contributed by atoms with Gasteiger partial charge in [-0.1, -0.05) is 25.5 Å². The Balaban J connectivity index is 2.46. The van der Waals surface area contributed by atoms with E-state index in [1.54, 1.807) is 31.1 Å². The quantitative estimate of drug-likeness (QED) is 0.783. The maximum absolute atomic E-state index is 11.6. The van der Waals surface area contributed by atoms with Gasteiger partial charge in [0.25, 0.3) is 0 Å². The summed E-state index contributed by atoms with van der Waals surface area (Å²) in [5.41, 5.74) is 1.65. The van der Waals surface area contributed by atoms with Crippen molar-refractivity contribution in [2.24, 2.45) is 0 Å². The number of carbonyl (C=O) groups excluding carboxylic acids is 2. The molecule has 0 spiro atoms. The molecule has 0 saturated heterocycles. The van der Waals surface area contributed by atoms with Crippen molar-refractivity contribution in [1.29, 1.82) is 0 Å². The number of amides is 3. The maximum atomic E-state index is 11.6. The van der Waals surface area contributed by atoms with E-state index in [4.69, 9.17) is 0 Å². The van der Waals surface area contributed by atoms with Crippen LogP contribution in [-0.4, -0.2) is 37.5 Å². The zero-order valence-electron chi connectivity index (χ0n) is 12.4. The molecule has 0 aromatic heterocycles. The molecule has 0 bridgehead atoms. The van der Waals surface area contributed by atoms with Crippen LogP contribution in [0.15, 0.2) is 24.3 Å². The first kappa shape index (κ1) is 16.0. The number of urea groups is 1. The number of unbranched alkanes of at least 4 members (excludes halogenated alkanes) is 1. The highest BCUT2D eigenvalue weighted by Gasteiger charge is 2.06. The normalized spacial score (nSPS) is 9.95. The number of rotatable bonds is 6. The van der Waals surface area contributed by atoms with Crippen LogP contribution >= 0.6 is 0 Å². The van der Waals surface area contributed by atoms with E-state index in [2.05, 4.69) is 17.6 Å². The first-order valence-corrected chi connectivity index (χ1v) is 6.87. The zero-order chi connectivity index (χ0) is 15.0. The summed E-state index contributed by atoms with van der Waals surface area (Å²) in [4.78, 5) is 24.7. The molecule has 0 atom stereocenters. The van der Waals surface area contributed by atoms with Gasteiger partial charge in [-0.25, -0.2) is 4.79 Å². The molecule has 3 amide bonds. The van der Waals surface area contributed by atoms with E-state index in [0.717, 1.165) is 24.1 Å². The van der Waals surface area contributed by atoms with Gasteiger partial charge in [-0.2, -0.15) is 0 Å². The number of carbonyl (C=O) groups is 2. The Hall–Kier alpha value is -2.04. The highest BCUT2D eigenvalue weighted by atomic mass is 16.2. The molecule has 1 aromatic rings. The molecule has 2 N–H and O–H groups in total. The Kier molecular flexibility index (Phi) is 6.56. The highest BCUT2D eigenvalue weighted by Crippen LogP contribution is 2.10. The highest BCUT2D eigenvalue weighted by molar-refractivity contribution is 5.89. The second-order valence-corrected chi connectivity index (χ2v) is 4.90. The van der Waals surface area contributed by atoms with Gasteiger partial charge in [0.2, 0.25) is 5.91 Å². The first-order chi connectivity index (χ1) is 9.52. The third-order valence-corrected chi connectivity index (χ3v) is 2.88. The van der Waals surface area contributed by atoms with Gasteiger partial charge >= 0.3 is 6.03 Å². The Morgan fingerprint density at radius 1 is 1.15 bits per heavy atom. The molecular weight excluding hydrogens is 254 g/mol. The van der Waals surface area contributed by atoms with E-state index in [1.807, 2.05) is 12.1 Å². The molecule has 0 unspecified atom stereocenters. The van der Waals surface area contributed by atoms with Crippen molar-refractivity contribution >= 4 is 17.6 Å². The lowest BCUT2D eigenvalue weighted by atomic mass is 10.1. The van der Waals surface area contributed by atoms with Gasteiger partial charge in [0, 0.05) is 26.3 Å². The van der Waals surface area contributed by atoms with Crippen LogP contribution in [0.1, 0.15) is 25.3 Å². The van der Waals surface area contributed by atoms with E-state index in [9.17, 15) is 9.59 Å². The molecule has 5 heteroatoms. The number of nitrogens with zero attached hydrogens (tertiary/aromatic N) is 1. The van der Waals surface area contributed by atoms with Crippen LogP contribution in [-0.2, 0) is 11.2 Å². The van der Waals surface area contributed by atoms with Gasteiger partial charge in [-0.05, 0) is 24.1 Å². The summed E-state index contributed by atoms with van der Waals surface area (Å²) >= 11 is 0. The minimum Gasteiger partial charge on any atom is -0.349 e. The molecule has 110 valence electrons. The van der Waals surface area contributed by atoms with Crippen LogP contribution in [0.4, 0.5) is 10.5 Å². The number of hydrogen-bond donors (Lipinski definition) is 2. The summed E-state index contributed by atoms with van der Waals surface area (Å²) in [5, 5.41) is 5.54. The lowest BCUT2D eigenvalue weighted by Gasteiger charge is -2.11. The smallest absolute Gasteiger partial charge is 0.319 e. The molecule has 0 fully saturated rings. The van der Waals surface area contributed by atoms with Crippen LogP contribution in [0.25, 0.3) is 0 Å². The van der Waals surface area contributed by atoms with Crippen LogP contribution in [0.5, 0.6) is 0 Å². The molecule has 0 aliphatic rings. The predicted octanol–water partition coefficient (Wildman–Crippen LogP) is 2.24. The summed E-state index contributed by atoms with van der Waals surface area (Å²) in [6.45, 7) is 2.76. The van der Waals surface area contributed by atoms with Crippen molar-refractivity contribution in [3.05, 3.63) is 29.8 Å². The standard InChI is InChI=1S/C15H23N3O2/c1-4-5-10-16-15(20)17-13-8-6-12(7-9-13)11-14(19)18(2)3/h6-9H,4-5,10-11H2,1-3H3,(H2,16,17,20). The van der Waals surface area contributed by atoms with Crippen molar-refractivity contribution in [3.63, 3.8) is 0 Å². The minimum atomic E-state index is -0.199. The molecule has 0 radical (unpaired) electrons. The fraction of sp³-hybridized carbons (Fsp3) is 0.467. The summed E-state index contributed by atoms with van der Waals surface area (Å²) in [6, 6.07) is 7.11. The fourth-order valence-electron chi connectivity index (χ4n) is 1.59. The number of anilines is 1. The molecular formula is C15H23N3O2. The molecule has 1 aromatic carbocycles. The van der Waals surface area contributed by atoms with Crippen molar-refractivity contribution in [2.75, 3.05) is 26.0 Å². The lowest BCUT2D eigenvalue weighted by Crippen LogP contribution is -2.29. The van der Waals surface area contributed by atoms with Crippen LogP contribution in [0.2, 0.25) is 0 Å². The molecule has 0 heterocycles. The predicted molar refractivity (Wildman–Crippen MR) is 80.8 cm³/mol. The monoisotopic (exact) mass is 277 g/mol. The van der Waals surface area contributed by atoms with Crippen molar-refractivity contribution < 1.29 is 9.59 Å².